The first kappa shape index (κ1) is 31.7. The lowest BCUT2D eigenvalue weighted by Crippen LogP contribution is -2.28. The zero-order valence-corrected chi connectivity index (χ0v) is 29.8. The van der Waals surface area contributed by atoms with Crippen molar-refractivity contribution >= 4 is 27.8 Å². The highest BCUT2D eigenvalue weighted by Gasteiger charge is 2.47. The van der Waals surface area contributed by atoms with Gasteiger partial charge in [-0.25, -0.2) is 0 Å². The van der Waals surface area contributed by atoms with E-state index in [0.717, 1.165) is 17.1 Å². The molecule has 9 aromatic carbocycles. The van der Waals surface area contributed by atoms with E-state index in [4.69, 9.17) is 0 Å². The SMILES string of the molecule is c1ccc(-c2ccc3cc(-c4ccc(N(c5ccccc5)c5cccc6c5-c5ccccc5C6(c5ccccc5)c5ccccc5)cc4)ccc3c2)cc1. The number of rotatable bonds is 7. The van der Waals surface area contributed by atoms with Gasteiger partial charge in [-0.1, -0.05) is 182 Å². The standard InChI is InChI=1S/C53H37N/c1-5-16-38(17-6-1)40-28-30-43-37-41(29-31-42(43)36-40)39-32-34-47(35-33-39)54(46-22-11-4-12-23-46)51-27-15-26-50-52(51)48-24-13-14-25-49(48)53(50,44-18-7-2-8-19-44)45-20-9-3-10-21-45/h1-37H. The molecule has 1 nitrogen and oxygen atoms in total. The first-order chi connectivity index (χ1) is 26.8. The molecule has 10 rings (SSSR count). The molecule has 0 fully saturated rings. The monoisotopic (exact) mass is 687 g/mol. The summed E-state index contributed by atoms with van der Waals surface area (Å²) < 4.78 is 0. The van der Waals surface area contributed by atoms with Crippen LogP contribution < -0.4 is 4.90 Å². The van der Waals surface area contributed by atoms with Gasteiger partial charge in [-0.3, -0.25) is 0 Å². The van der Waals surface area contributed by atoms with Gasteiger partial charge in [-0.2, -0.15) is 0 Å². The summed E-state index contributed by atoms with van der Waals surface area (Å²) >= 11 is 0. The van der Waals surface area contributed by atoms with Crippen LogP contribution in [0.25, 0.3) is 44.2 Å². The Morgan fingerprint density at radius 3 is 1.39 bits per heavy atom. The van der Waals surface area contributed by atoms with Crippen molar-refractivity contribution < 1.29 is 0 Å². The average Bonchev–Trinajstić information content (AvgIpc) is 3.57. The lowest BCUT2D eigenvalue weighted by molar-refractivity contribution is 0.768. The smallest absolute Gasteiger partial charge is 0.0714 e. The Balaban J connectivity index is 1.11. The van der Waals surface area contributed by atoms with Crippen molar-refractivity contribution in [3.05, 3.63) is 247 Å². The predicted molar refractivity (Wildman–Crippen MR) is 227 cm³/mol. The van der Waals surface area contributed by atoms with Gasteiger partial charge in [0.1, 0.15) is 0 Å². The third-order valence-corrected chi connectivity index (χ3v) is 11.1. The van der Waals surface area contributed by atoms with E-state index in [1.165, 1.54) is 66.4 Å². The van der Waals surface area contributed by atoms with E-state index in [1.807, 2.05) is 0 Å². The highest BCUT2D eigenvalue weighted by atomic mass is 15.1. The lowest BCUT2D eigenvalue weighted by atomic mass is 9.68. The minimum atomic E-state index is -0.464. The fourth-order valence-electron chi connectivity index (χ4n) is 8.70. The maximum absolute atomic E-state index is 2.43. The largest absolute Gasteiger partial charge is 0.310 e. The molecule has 0 atom stereocenters. The molecule has 1 aliphatic carbocycles. The number of benzene rings is 9. The van der Waals surface area contributed by atoms with Crippen LogP contribution in [-0.2, 0) is 5.41 Å². The first-order valence-electron chi connectivity index (χ1n) is 18.7. The Labute approximate surface area is 317 Å². The van der Waals surface area contributed by atoms with Crippen molar-refractivity contribution in [3.63, 3.8) is 0 Å². The molecule has 0 aliphatic heterocycles. The molecule has 0 aromatic heterocycles. The predicted octanol–water partition coefficient (Wildman–Crippen LogP) is 14.0. The molecule has 0 saturated carbocycles. The van der Waals surface area contributed by atoms with Crippen molar-refractivity contribution in [3.8, 4) is 33.4 Å². The zero-order valence-electron chi connectivity index (χ0n) is 29.8. The summed E-state index contributed by atoms with van der Waals surface area (Å²) in [6, 6.07) is 81.9. The zero-order chi connectivity index (χ0) is 35.9. The molecule has 0 unspecified atom stereocenters. The first-order valence-corrected chi connectivity index (χ1v) is 18.7. The van der Waals surface area contributed by atoms with E-state index in [1.54, 1.807) is 0 Å². The van der Waals surface area contributed by atoms with Gasteiger partial charge in [0.05, 0.1) is 11.1 Å². The van der Waals surface area contributed by atoms with Gasteiger partial charge in [0.15, 0.2) is 0 Å². The van der Waals surface area contributed by atoms with Crippen LogP contribution in [0.4, 0.5) is 17.1 Å². The lowest BCUT2D eigenvalue weighted by Gasteiger charge is -2.34. The van der Waals surface area contributed by atoms with E-state index in [9.17, 15) is 0 Å². The molecular formula is C53H37N. The van der Waals surface area contributed by atoms with Gasteiger partial charge in [-0.05, 0) is 103 Å². The van der Waals surface area contributed by atoms with Gasteiger partial charge in [0.25, 0.3) is 0 Å². The molecule has 0 saturated heterocycles. The fraction of sp³-hybridized carbons (Fsp3) is 0.0189. The minimum absolute atomic E-state index is 0.464. The van der Waals surface area contributed by atoms with E-state index in [-0.39, 0.29) is 0 Å². The van der Waals surface area contributed by atoms with Crippen molar-refractivity contribution in [1.82, 2.24) is 0 Å². The molecule has 0 spiro atoms. The molecule has 0 amide bonds. The van der Waals surface area contributed by atoms with Crippen molar-refractivity contribution in [2.75, 3.05) is 4.90 Å². The molecular weight excluding hydrogens is 651 g/mol. The molecule has 0 heterocycles. The Morgan fingerprint density at radius 1 is 0.315 bits per heavy atom. The number of fused-ring (bicyclic) bond motifs is 4. The van der Waals surface area contributed by atoms with Crippen molar-refractivity contribution in [1.29, 1.82) is 0 Å². The third-order valence-electron chi connectivity index (χ3n) is 11.1. The Hall–Kier alpha value is -6.96. The molecule has 54 heavy (non-hydrogen) atoms. The van der Waals surface area contributed by atoms with Crippen LogP contribution in [0.5, 0.6) is 0 Å². The molecule has 0 N–H and O–H groups in total. The van der Waals surface area contributed by atoms with E-state index in [2.05, 4.69) is 229 Å². The average molecular weight is 688 g/mol. The Bertz CT molecular complexity index is 2700. The van der Waals surface area contributed by atoms with Gasteiger partial charge < -0.3 is 4.90 Å². The number of nitrogens with zero attached hydrogens (tertiary/aromatic N) is 1. The Morgan fingerprint density at radius 2 is 0.778 bits per heavy atom. The molecule has 0 bridgehead atoms. The van der Waals surface area contributed by atoms with Crippen LogP contribution in [0.2, 0.25) is 0 Å². The van der Waals surface area contributed by atoms with Crippen LogP contribution in [0.3, 0.4) is 0 Å². The second-order valence-electron chi connectivity index (χ2n) is 14.1. The van der Waals surface area contributed by atoms with Gasteiger partial charge in [0, 0.05) is 16.9 Å². The summed E-state index contributed by atoms with van der Waals surface area (Å²) in [4.78, 5) is 2.43. The maximum atomic E-state index is 2.43. The molecule has 254 valence electrons. The van der Waals surface area contributed by atoms with Crippen LogP contribution in [-0.4, -0.2) is 0 Å². The second-order valence-corrected chi connectivity index (χ2v) is 14.1. The summed E-state index contributed by atoms with van der Waals surface area (Å²) in [6.07, 6.45) is 0. The molecule has 0 radical (unpaired) electrons. The summed E-state index contributed by atoms with van der Waals surface area (Å²) in [6.45, 7) is 0. The third kappa shape index (κ3) is 5.17. The highest BCUT2D eigenvalue weighted by molar-refractivity contribution is 5.98. The number of para-hydroxylation sites is 1. The summed E-state index contributed by atoms with van der Waals surface area (Å²) in [7, 11) is 0. The fourth-order valence-corrected chi connectivity index (χ4v) is 8.70. The van der Waals surface area contributed by atoms with Gasteiger partial charge in [-0.15, -0.1) is 0 Å². The summed E-state index contributed by atoms with van der Waals surface area (Å²) in [5.74, 6) is 0. The van der Waals surface area contributed by atoms with E-state index < -0.39 is 5.41 Å². The van der Waals surface area contributed by atoms with Crippen LogP contribution in [0, 0.1) is 0 Å². The molecule has 9 aromatic rings. The maximum Gasteiger partial charge on any atom is 0.0714 e. The van der Waals surface area contributed by atoms with Gasteiger partial charge in [0.2, 0.25) is 0 Å². The molecule has 1 heteroatoms. The van der Waals surface area contributed by atoms with Crippen LogP contribution in [0.15, 0.2) is 224 Å². The number of hydrogen-bond acceptors (Lipinski definition) is 1. The minimum Gasteiger partial charge on any atom is -0.310 e. The number of anilines is 3. The normalized spacial score (nSPS) is 12.6. The summed E-state index contributed by atoms with van der Waals surface area (Å²) in [5, 5.41) is 2.48. The van der Waals surface area contributed by atoms with E-state index >= 15 is 0 Å². The topological polar surface area (TPSA) is 3.24 Å². The summed E-state index contributed by atoms with van der Waals surface area (Å²) in [5.41, 5.74) is 15.5. The van der Waals surface area contributed by atoms with Crippen molar-refractivity contribution in [2.24, 2.45) is 0 Å². The van der Waals surface area contributed by atoms with Crippen molar-refractivity contribution in [2.45, 2.75) is 5.41 Å². The quantitative estimate of drug-likeness (QED) is 0.161. The van der Waals surface area contributed by atoms with Crippen LogP contribution >= 0.6 is 0 Å². The van der Waals surface area contributed by atoms with Gasteiger partial charge >= 0.3 is 0 Å². The highest BCUT2D eigenvalue weighted by Crippen LogP contribution is 2.59. The van der Waals surface area contributed by atoms with Crippen LogP contribution in [0.1, 0.15) is 22.3 Å². The van der Waals surface area contributed by atoms with E-state index in [0.29, 0.717) is 0 Å². The second kappa shape index (κ2) is 13.2. The Kier molecular flexibility index (Phi) is 7.78. The number of hydrogen-bond donors (Lipinski definition) is 0. The molecule has 1 aliphatic rings.